The minimum atomic E-state index is -1.94. The van der Waals surface area contributed by atoms with Gasteiger partial charge in [-0.25, -0.2) is 9.18 Å². The van der Waals surface area contributed by atoms with Crippen LogP contribution in [-0.4, -0.2) is 17.5 Å². The number of carbonyl (C=O) groups is 1. The maximum atomic E-state index is 12.7. The van der Waals surface area contributed by atoms with E-state index in [0.29, 0.717) is 0 Å². The van der Waals surface area contributed by atoms with Crippen molar-refractivity contribution in [2.75, 3.05) is 6.16 Å². The van der Waals surface area contributed by atoms with Crippen LogP contribution in [0.1, 0.15) is 0 Å². The summed E-state index contributed by atoms with van der Waals surface area (Å²) in [6, 6.07) is 0. The topological polar surface area (TPSA) is 26.3 Å². The lowest BCUT2D eigenvalue weighted by atomic mass is 10.4. The first-order valence-electron chi connectivity index (χ1n) is 2.05. The Morgan fingerprint density at radius 1 is 1.89 bits per heavy atom. The molecule has 0 radical (unpaired) electrons. The maximum absolute atomic E-state index is 12.7. The van der Waals surface area contributed by atoms with E-state index in [2.05, 4.69) is 12.3 Å². The lowest BCUT2D eigenvalue weighted by Gasteiger charge is -2.11. The fourth-order valence-corrected chi connectivity index (χ4v) is 0.979. The second kappa shape index (κ2) is 3.99. The summed E-state index contributed by atoms with van der Waals surface area (Å²) in [7, 11) is 3.91. The van der Waals surface area contributed by atoms with Crippen molar-refractivity contribution in [2.24, 2.45) is 0 Å². The van der Waals surface area contributed by atoms with Crippen LogP contribution in [0.5, 0.6) is 0 Å². The zero-order valence-electron chi connectivity index (χ0n) is 4.43. The highest BCUT2D eigenvalue weighted by Gasteiger charge is 2.32. The highest BCUT2D eigenvalue weighted by Crippen LogP contribution is 2.25. The molecule has 0 amide bonds. The van der Waals surface area contributed by atoms with E-state index in [0.717, 1.165) is 0 Å². The summed E-state index contributed by atoms with van der Waals surface area (Å²) in [6.45, 7) is 0. The van der Waals surface area contributed by atoms with E-state index >= 15 is 0 Å². The van der Waals surface area contributed by atoms with Crippen LogP contribution in [0.4, 0.5) is 4.39 Å². The summed E-state index contributed by atoms with van der Waals surface area (Å²) in [4.78, 5) is 10.4. The van der Waals surface area contributed by atoms with Crippen molar-refractivity contribution < 1.29 is 12.3 Å². The number of halogens is 2. The Labute approximate surface area is 71.4 Å². The van der Waals surface area contributed by atoms with Gasteiger partial charge in [0.2, 0.25) is 5.41 Å². The Balaban J connectivity index is 3.97. The zero-order chi connectivity index (χ0) is 7.49. The molecule has 0 saturated carbocycles. The van der Waals surface area contributed by atoms with Crippen molar-refractivity contribution in [2.45, 2.75) is 5.41 Å². The van der Waals surface area contributed by atoms with Gasteiger partial charge in [0.1, 0.15) is 0 Å². The first-order chi connectivity index (χ1) is 4.04. The molecule has 0 N–H and O–H groups in total. The molecule has 2 nitrogen and oxygen atoms in total. The number of carbonyl (C=O) groups excluding carboxylic acids is 1. The average Bonchev–Trinajstić information content (AvgIpc) is 1.86. The molecule has 0 aliphatic rings. The maximum Gasteiger partial charge on any atom is 0.357 e. The molecule has 0 aromatic heterocycles. The van der Waals surface area contributed by atoms with Crippen molar-refractivity contribution in [3.63, 3.8) is 0 Å². The smallest absolute Gasteiger partial charge is 0.357 e. The summed E-state index contributed by atoms with van der Waals surface area (Å²) in [6.07, 6.45) is 0.0273. The van der Waals surface area contributed by atoms with E-state index in [4.69, 9.17) is 0 Å². The van der Waals surface area contributed by atoms with E-state index in [1.165, 1.54) is 23.0 Å². The van der Waals surface area contributed by atoms with Gasteiger partial charge in [-0.05, 0) is 0 Å². The fraction of sp³-hybridized carbons (Fsp3) is 0.667. The first-order valence-corrected chi connectivity index (χ1v) is 4.33. The third kappa shape index (κ3) is 3.06. The second-order valence-corrected chi connectivity index (χ2v) is 3.19. The van der Waals surface area contributed by atoms with Crippen LogP contribution in [0.2, 0.25) is 0 Å². The molecule has 3 unspecified atom stereocenters. The Morgan fingerprint density at radius 3 is 2.44 bits per heavy atom. The Morgan fingerprint density at radius 2 is 2.33 bits per heavy atom. The molecule has 0 spiro atoms. The van der Waals surface area contributed by atoms with Crippen molar-refractivity contribution >= 4 is 47.5 Å². The van der Waals surface area contributed by atoms with Crippen molar-refractivity contribution in [1.29, 1.82) is 0 Å². The van der Waals surface area contributed by atoms with Crippen molar-refractivity contribution in [3.8, 4) is 0 Å². The molecule has 0 saturated heterocycles. The molecule has 3 atom stereocenters. The van der Waals surface area contributed by atoms with Gasteiger partial charge in [0, 0.05) is 6.16 Å². The number of rotatable bonds is 2. The number of hydrogen-bond acceptors (Lipinski definition) is 2. The molecule has 0 fully saturated rings. The van der Waals surface area contributed by atoms with E-state index in [9.17, 15) is 9.18 Å². The molecule has 0 aliphatic heterocycles. The summed E-state index contributed by atoms with van der Waals surface area (Å²) in [5, 5.41) is -1.94. The number of alkyl halides is 1. The van der Waals surface area contributed by atoms with Gasteiger partial charge >= 0.3 is 5.97 Å². The van der Waals surface area contributed by atoms with Crippen LogP contribution in [0.25, 0.3) is 0 Å². The van der Waals surface area contributed by atoms with Gasteiger partial charge in [-0.1, -0.05) is 9.24 Å². The zero-order valence-corrected chi connectivity index (χ0v) is 8.90. The van der Waals surface area contributed by atoms with Gasteiger partial charge in [0.25, 0.3) is 0 Å². The molecule has 0 heterocycles. The van der Waals surface area contributed by atoms with Crippen LogP contribution in [0.15, 0.2) is 0 Å². The van der Waals surface area contributed by atoms with Crippen LogP contribution >= 0.6 is 41.5 Å². The lowest BCUT2D eigenvalue weighted by molar-refractivity contribution is -0.137. The molecule has 0 aromatic rings. The monoisotopic (exact) mass is 282 g/mol. The predicted octanol–water partition coefficient (Wildman–Crippen LogP) is 1.30. The molecule has 54 valence electrons. The Bertz CT molecular complexity index is 118. The van der Waals surface area contributed by atoms with Crippen LogP contribution in [0, 0.1) is 0 Å². The predicted molar refractivity (Wildman–Crippen MR) is 48.2 cm³/mol. The summed E-state index contributed by atoms with van der Waals surface area (Å²) in [5.41, 5.74) is 0. The molecule has 0 bridgehead atoms. The van der Waals surface area contributed by atoms with E-state index < -0.39 is 11.4 Å². The van der Waals surface area contributed by atoms with Crippen molar-refractivity contribution in [3.05, 3.63) is 0 Å². The molecule has 9 heavy (non-hydrogen) atoms. The number of hydrogen-bond donors (Lipinski definition) is 0. The fourth-order valence-electron chi connectivity index (χ4n) is 0.147. The minimum absolute atomic E-state index is 0.0273. The van der Waals surface area contributed by atoms with Gasteiger partial charge in [-0.3, -0.25) is 0 Å². The van der Waals surface area contributed by atoms with Crippen LogP contribution in [-0.2, 0) is 7.86 Å². The Hall–Kier alpha value is 0.990. The molecular formula is C3H6FIO2P2. The minimum Gasteiger partial charge on any atom is -0.392 e. The van der Waals surface area contributed by atoms with Gasteiger partial charge in [-0.15, -0.1) is 9.24 Å². The first kappa shape index (κ1) is 9.99. The largest absolute Gasteiger partial charge is 0.392 e. The molecule has 6 heteroatoms. The molecular weight excluding hydrogens is 276 g/mol. The molecule has 0 rings (SSSR count). The van der Waals surface area contributed by atoms with Gasteiger partial charge < -0.3 is 3.07 Å². The standard InChI is InChI=1S/C3H6FIO2P2/c4-3(9,1-8)2(6)7-5/h1,8-9H2. The van der Waals surface area contributed by atoms with E-state index in [-0.39, 0.29) is 6.16 Å². The van der Waals surface area contributed by atoms with Gasteiger partial charge in [0.05, 0.1) is 0 Å². The third-order valence-corrected chi connectivity index (χ3v) is 2.64. The van der Waals surface area contributed by atoms with E-state index in [1.54, 1.807) is 9.24 Å². The van der Waals surface area contributed by atoms with Gasteiger partial charge in [0.15, 0.2) is 23.0 Å². The quantitative estimate of drug-likeness (QED) is 0.563. The highest BCUT2D eigenvalue weighted by atomic mass is 127. The summed E-state index contributed by atoms with van der Waals surface area (Å²) < 4.78 is 16.8. The highest BCUT2D eigenvalue weighted by molar-refractivity contribution is 14.1. The van der Waals surface area contributed by atoms with Crippen LogP contribution in [0.3, 0.4) is 0 Å². The lowest BCUT2D eigenvalue weighted by Crippen LogP contribution is -2.27. The summed E-state index contributed by atoms with van der Waals surface area (Å²) >= 11 is 1.35. The van der Waals surface area contributed by atoms with Crippen LogP contribution < -0.4 is 0 Å². The SMILES string of the molecule is O=C(OI)C(F)(P)CP. The van der Waals surface area contributed by atoms with E-state index in [1.807, 2.05) is 0 Å². The van der Waals surface area contributed by atoms with Gasteiger partial charge in [-0.2, -0.15) is 0 Å². The summed E-state index contributed by atoms with van der Waals surface area (Å²) in [5.74, 6) is -0.872. The Kier molecular flexibility index (Phi) is 4.43. The molecule has 0 aliphatic carbocycles. The normalized spacial score (nSPS) is 16.4. The average molecular weight is 282 g/mol. The molecule has 0 aromatic carbocycles. The second-order valence-electron chi connectivity index (χ2n) is 1.43. The van der Waals surface area contributed by atoms with Crippen molar-refractivity contribution in [1.82, 2.24) is 0 Å². The third-order valence-electron chi connectivity index (χ3n) is 0.706.